The summed E-state index contributed by atoms with van der Waals surface area (Å²) in [5, 5.41) is 0. The molecule has 2 aliphatic rings. The molecule has 4 unspecified atom stereocenters. The van der Waals surface area contributed by atoms with Crippen molar-refractivity contribution in [1.29, 1.82) is 0 Å². The van der Waals surface area contributed by atoms with E-state index in [1.165, 1.54) is 141 Å². The molecule has 302 valence electrons. The van der Waals surface area contributed by atoms with Gasteiger partial charge in [0.1, 0.15) is 0 Å². The number of hydrogen-bond donors (Lipinski definition) is 0. The Morgan fingerprint density at radius 1 is 0.588 bits per heavy atom. The molecule has 5 atom stereocenters. The minimum atomic E-state index is 0. The van der Waals surface area contributed by atoms with Crippen LogP contribution in [0.3, 0.4) is 0 Å². The minimum Gasteiger partial charge on any atom is -0.307 e. The van der Waals surface area contributed by atoms with Crippen molar-refractivity contribution in [2.75, 3.05) is 67.7 Å². The predicted molar refractivity (Wildman–Crippen MR) is 220 cm³/mol. The van der Waals surface area contributed by atoms with Crippen LogP contribution in [-0.4, -0.2) is 77.5 Å². The third-order valence-corrected chi connectivity index (χ3v) is 11.3. The van der Waals surface area contributed by atoms with E-state index in [-0.39, 0.29) is 7.43 Å². The highest BCUT2D eigenvalue weighted by atomic mass is 17.2. The number of allylic oxidation sites excluding steroid dienone is 3. The number of likely N-dealkylation sites (N-methyl/N-ethyl adjacent to an activating group) is 2. The lowest BCUT2D eigenvalue weighted by Gasteiger charge is -2.40. The molecule has 0 aromatic heterocycles. The minimum absolute atomic E-state index is 0. The molecular weight excluding hydrogens is 633 g/mol. The number of unbranched alkanes of at least 4 members (excludes halogenated alkanes) is 11. The highest BCUT2D eigenvalue weighted by Crippen LogP contribution is 2.44. The summed E-state index contributed by atoms with van der Waals surface area (Å²) in [7, 11) is 8.29. The molecule has 0 bridgehead atoms. The van der Waals surface area contributed by atoms with Crippen LogP contribution in [0.1, 0.15) is 169 Å². The van der Waals surface area contributed by atoms with Gasteiger partial charge in [-0.25, -0.2) is 19.6 Å². The van der Waals surface area contributed by atoms with Gasteiger partial charge in [-0.2, -0.15) is 0 Å². The summed E-state index contributed by atoms with van der Waals surface area (Å²) in [6.45, 7) is 9.17. The Hall–Kier alpha value is -0.760. The molecule has 0 saturated heterocycles. The van der Waals surface area contributed by atoms with E-state index < -0.39 is 0 Å². The van der Waals surface area contributed by atoms with Crippen LogP contribution in [0.5, 0.6) is 0 Å². The number of nitrogens with zero attached hydrogens (tertiary/aromatic N) is 2. The molecule has 0 amide bonds. The molecule has 2 aliphatic carbocycles. The first-order valence-electron chi connectivity index (χ1n) is 21.6. The zero-order chi connectivity index (χ0) is 36.1. The fourth-order valence-corrected chi connectivity index (χ4v) is 8.14. The molecule has 0 aliphatic heterocycles. The second-order valence-corrected chi connectivity index (χ2v) is 16.3. The van der Waals surface area contributed by atoms with Gasteiger partial charge in [-0.15, -0.1) is 0 Å². The van der Waals surface area contributed by atoms with Crippen molar-refractivity contribution in [3.05, 3.63) is 23.8 Å². The molecule has 1 fully saturated rings. The second kappa shape index (κ2) is 32.7. The van der Waals surface area contributed by atoms with Gasteiger partial charge < -0.3 is 9.80 Å². The van der Waals surface area contributed by atoms with Crippen LogP contribution in [0.15, 0.2) is 23.8 Å². The SMILES string of the molecule is C.CCCCCCC1C=C[C@@H](CCCCCCCCOOCCN(C)C)C(/C=C2\CCCCCCC2COOCCN(C)C)C1CCCCCC. The molecule has 0 aromatic carbocycles. The molecule has 0 N–H and O–H groups in total. The Kier molecular flexibility index (Phi) is 30.9. The maximum absolute atomic E-state index is 5.94. The van der Waals surface area contributed by atoms with Crippen molar-refractivity contribution in [3.63, 3.8) is 0 Å². The Labute approximate surface area is 318 Å². The van der Waals surface area contributed by atoms with E-state index in [1.807, 2.05) is 0 Å². The quantitative estimate of drug-likeness (QED) is 0.0319. The van der Waals surface area contributed by atoms with Crippen molar-refractivity contribution in [2.45, 2.75) is 169 Å². The van der Waals surface area contributed by atoms with Crippen LogP contribution in [-0.2, 0) is 19.6 Å². The normalized spacial score (nSPS) is 23.5. The standard InChI is InChI=1S/C44H84N2O4.CH4/c1-7-9-11-19-25-39-30-31-40(26-20-15-13-14-18-24-34-47-48-35-32-45(3)4)44(43(39)29-23-12-10-8-2)37-41-27-21-16-17-22-28-42(41)38-50-49-36-33-46(5)6;/h30-31,37,39-40,42-44H,7-29,32-36,38H2,1-6H3;1H4/b41-37+;/t39?,40-,42?,43?,44?;/m1./s1. The Morgan fingerprint density at radius 2 is 1.12 bits per heavy atom. The third kappa shape index (κ3) is 23.6. The first-order valence-corrected chi connectivity index (χ1v) is 21.6. The molecule has 0 radical (unpaired) electrons. The van der Waals surface area contributed by atoms with Gasteiger partial charge in [-0.05, 0) is 96.8 Å². The third-order valence-electron chi connectivity index (χ3n) is 11.3. The zero-order valence-electron chi connectivity index (χ0n) is 34.2. The molecule has 2 rings (SSSR count). The van der Waals surface area contributed by atoms with Crippen LogP contribution >= 0.6 is 0 Å². The summed E-state index contributed by atoms with van der Waals surface area (Å²) in [4.78, 5) is 26.6. The number of rotatable bonds is 30. The van der Waals surface area contributed by atoms with Crippen molar-refractivity contribution in [3.8, 4) is 0 Å². The Morgan fingerprint density at radius 3 is 1.78 bits per heavy atom. The molecular formula is C45H88N2O4. The van der Waals surface area contributed by atoms with Crippen LogP contribution in [0.25, 0.3) is 0 Å². The lowest BCUT2D eigenvalue weighted by Crippen LogP contribution is -2.32. The number of hydrogen-bond acceptors (Lipinski definition) is 6. The van der Waals surface area contributed by atoms with E-state index in [0.29, 0.717) is 44.2 Å². The van der Waals surface area contributed by atoms with Gasteiger partial charge in [0.2, 0.25) is 0 Å². The average Bonchev–Trinajstić information content (AvgIpc) is 3.08. The lowest BCUT2D eigenvalue weighted by atomic mass is 9.65. The highest BCUT2D eigenvalue weighted by molar-refractivity contribution is 5.17. The Balaban J connectivity index is 0.0000130. The van der Waals surface area contributed by atoms with Crippen LogP contribution < -0.4 is 0 Å². The van der Waals surface area contributed by atoms with E-state index in [0.717, 1.165) is 31.3 Å². The first-order chi connectivity index (χ1) is 24.5. The maximum Gasteiger partial charge on any atom is 0.0949 e. The van der Waals surface area contributed by atoms with Crippen LogP contribution in [0.4, 0.5) is 0 Å². The van der Waals surface area contributed by atoms with E-state index in [1.54, 1.807) is 5.57 Å². The monoisotopic (exact) mass is 721 g/mol. The largest absolute Gasteiger partial charge is 0.307 e. The molecule has 0 aromatic rings. The van der Waals surface area contributed by atoms with E-state index in [4.69, 9.17) is 19.6 Å². The van der Waals surface area contributed by atoms with Crippen molar-refractivity contribution < 1.29 is 19.6 Å². The average molecular weight is 721 g/mol. The summed E-state index contributed by atoms with van der Waals surface area (Å²) in [5.74, 6) is 3.33. The maximum atomic E-state index is 5.94. The van der Waals surface area contributed by atoms with Crippen LogP contribution in [0, 0.1) is 29.6 Å². The van der Waals surface area contributed by atoms with Gasteiger partial charge in [0.05, 0.1) is 26.4 Å². The molecule has 0 heterocycles. The zero-order valence-corrected chi connectivity index (χ0v) is 34.2. The molecule has 6 heteroatoms. The summed E-state index contributed by atoms with van der Waals surface area (Å²) in [6, 6.07) is 0. The predicted octanol–water partition coefficient (Wildman–Crippen LogP) is 12.2. The van der Waals surface area contributed by atoms with Gasteiger partial charge in [-0.1, -0.05) is 148 Å². The molecule has 51 heavy (non-hydrogen) atoms. The fourth-order valence-electron chi connectivity index (χ4n) is 8.14. The van der Waals surface area contributed by atoms with Gasteiger partial charge >= 0.3 is 0 Å². The van der Waals surface area contributed by atoms with Gasteiger partial charge in [0.15, 0.2) is 0 Å². The topological polar surface area (TPSA) is 43.4 Å². The lowest BCUT2D eigenvalue weighted by molar-refractivity contribution is -0.300. The highest BCUT2D eigenvalue weighted by Gasteiger charge is 2.35. The first kappa shape index (κ1) is 48.3. The second-order valence-electron chi connectivity index (χ2n) is 16.3. The van der Waals surface area contributed by atoms with E-state index in [9.17, 15) is 0 Å². The fraction of sp³-hybridized carbons (Fsp3) is 0.911. The van der Waals surface area contributed by atoms with Gasteiger partial charge in [0, 0.05) is 19.0 Å². The van der Waals surface area contributed by atoms with Crippen molar-refractivity contribution in [2.24, 2.45) is 29.6 Å². The summed E-state index contributed by atoms with van der Waals surface area (Å²) >= 11 is 0. The van der Waals surface area contributed by atoms with Crippen molar-refractivity contribution >= 4 is 0 Å². The van der Waals surface area contributed by atoms with E-state index in [2.05, 4.69) is 70.1 Å². The smallest absolute Gasteiger partial charge is 0.0949 e. The van der Waals surface area contributed by atoms with Gasteiger partial charge in [-0.3, -0.25) is 0 Å². The van der Waals surface area contributed by atoms with E-state index >= 15 is 0 Å². The molecule has 6 nitrogen and oxygen atoms in total. The van der Waals surface area contributed by atoms with Crippen molar-refractivity contribution in [1.82, 2.24) is 9.80 Å². The van der Waals surface area contributed by atoms with Crippen LogP contribution in [0.2, 0.25) is 0 Å². The molecule has 0 spiro atoms. The molecule has 1 saturated carbocycles. The Bertz CT molecular complexity index is 831. The summed E-state index contributed by atoms with van der Waals surface area (Å²) in [6.07, 6.45) is 38.8. The summed E-state index contributed by atoms with van der Waals surface area (Å²) < 4.78 is 0. The van der Waals surface area contributed by atoms with Gasteiger partial charge in [0.25, 0.3) is 0 Å². The summed E-state index contributed by atoms with van der Waals surface area (Å²) in [5.41, 5.74) is 1.70.